The van der Waals surface area contributed by atoms with Crippen LogP contribution in [0.4, 0.5) is 0 Å². The smallest absolute Gasteiger partial charge is 0.227 e. The monoisotopic (exact) mass is 229 g/mol. The third-order valence-corrected chi connectivity index (χ3v) is 2.07. The standard InChI is InChI=1S/C12H11N3O2/c13-8-4-7-12-14-11(15-17-12)9-16-10-5-2-1-3-6-10/h1-3,5-6H,4,7,9H2. The molecule has 0 aliphatic heterocycles. The molecule has 0 atom stereocenters. The van der Waals surface area contributed by atoms with Gasteiger partial charge in [-0.2, -0.15) is 10.2 Å². The van der Waals surface area contributed by atoms with E-state index in [-0.39, 0.29) is 6.61 Å². The first-order chi connectivity index (χ1) is 8.38. The summed E-state index contributed by atoms with van der Waals surface area (Å²) in [6.45, 7) is 0.264. The van der Waals surface area contributed by atoms with Crippen molar-refractivity contribution in [2.75, 3.05) is 0 Å². The average molecular weight is 229 g/mol. The zero-order valence-corrected chi connectivity index (χ0v) is 9.17. The van der Waals surface area contributed by atoms with E-state index in [0.29, 0.717) is 24.6 Å². The molecule has 2 rings (SSSR count). The fourth-order valence-electron chi connectivity index (χ4n) is 1.28. The summed E-state index contributed by atoms with van der Waals surface area (Å²) in [7, 11) is 0. The number of hydrogen-bond donors (Lipinski definition) is 0. The molecule has 0 fully saturated rings. The summed E-state index contributed by atoms with van der Waals surface area (Å²) in [6, 6.07) is 11.4. The number of hydrogen-bond acceptors (Lipinski definition) is 5. The Morgan fingerprint density at radius 3 is 2.88 bits per heavy atom. The second kappa shape index (κ2) is 5.66. The third-order valence-electron chi connectivity index (χ3n) is 2.07. The highest BCUT2D eigenvalue weighted by atomic mass is 16.5. The molecule has 0 bridgehead atoms. The maximum atomic E-state index is 8.42. The number of para-hydroxylation sites is 1. The van der Waals surface area contributed by atoms with Gasteiger partial charge in [-0.05, 0) is 12.1 Å². The fraction of sp³-hybridized carbons (Fsp3) is 0.250. The Morgan fingerprint density at radius 1 is 1.29 bits per heavy atom. The Hall–Kier alpha value is -2.35. The van der Waals surface area contributed by atoms with Crippen LogP contribution in [0.5, 0.6) is 5.75 Å². The molecule has 0 amide bonds. The molecule has 0 spiro atoms. The summed E-state index contributed by atoms with van der Waals surface area (Å²) >= 11 is 0. The van der Waals surface area contributed by atoms with Crippen LogP contribution in [-0.4, -0.2) is 10.1 Å². The van der Waals surface area contributed by atoms with Crippen molar-refractivity contribution < 1.29 is 9.26 Å². The number of nitrogens with zero attached hydrogens (tertiary/aromatic N) is 3. The van der Waals surface area contributed by atoms with Gasteiger partial charge in [0.05, 0.1) is 6.07 Å². The highest BCUT2D eigenvalue weighted by Crippen LogP contribution is 2.10. The first kappa shape index (κ1) is 11.1. The Labute approximate surface area is 98.6 Å². The van der Waals surface area contributed by atoms with E-state index in [2.05, 4.69) is 10.1 Å². The number of aryl methyl sites for hydroxylation is 1. The Bertz CT molecular complexity index is 502. The van der Waals surface area contributed by atoms with E-state index >= 15 is 0 Å². The molecule has 0 radical (unpaired) electrons. The number of aromatic nitrogens is 2. The van der Waals surface area contributed by atoms with Crippen LogP contribution in [0.25, 0.3) is 0 Å². The summed E-state index contributed by atoms with van der Waals surface area (Å²) in [5, 5.41) is 12.2. The number of rotatable bonds is 5. The van der Waals surface area contributed by atoms with Gasteiger partial charge in [0.1, 0.15) is 5.75 Å². The van der Waals surface area contributed by atoms with Crippen LogP contribution in [0.2, 0.25) is 0 Å². The summed E-state index contributed by atoms with van der Waals surface area (Å²) < 4.78 is 10.4. The number of nitriles is 1. The lowest BCUT2D eigenvalue weighted by Crippen LogP contribution is -1.97. The molecule has 0 saturated heterocycles. The first-order valence-corrected chi connectivity index (χ1v) is 5.25. The van der Waals surface area contributed by atoms with Gasteiger partial charge in [-0.3, -0.25) is 0 Å². The van der Waals surface area contributed by atoms with E-state index in [4.69, 9.17) is 14.5 Å². The maximum absolute atomic E-state index is 8.42. The van der Waals surface area contributed by atoms with E-state index in [1.807, 2.05) is 36.4 Å². The molecule has 1 aromatic heterocycles. The van der Waals surface area contributed by atoms with E-state index in [9.17, 15) is 0 Å². The topological polar surface area (TPSA) is 71.9 Å². The molecule has 86 valence electrons. The van der Waals surface area contributed by atoms with Crippen molar-refractivity contribution in [2.45, 2.75) is 19.4 Å². The molecule has 0 aliphatic rings. The largest absolute Gasteiger partial charge is 0.485 e. The minimum absolute atomic E-state index is 0.264. The van der Waals surface area contributed by atoms with Gasteiger partial charge < -0.3 is 9.26 Å². The lowest BCUT2D eigenvalue weighted by molar-refractivity contribution is 0.285. The molecular formula is C12H11N3O2. The average Bonchev–Trinajstić information content (AvgIpc) is 2.83. The SMILES string of the molecule is N#CCCc1nc(COc2ccccc2)no1. The van der Waals surface area contributed by atoms with Crippen LogP contribution in [0.1, 0.15) is 18.1 Å². The van der Waals surface area contributed by atoms with Gasteiger partial charge >= 0.3 is 0 Å². The molecule has 1 aromatic carbocycles. The molecule has 0 unspecified atom stereocenters. The first-order valence-electron chi connectivity index (χ1n) is 5.25. The molecule has 0 N–H and O–H groups in total. The van der Waals surface area contributed by atoms with Crippen molar-refractivity contribution in [2.24, 2.45) is 0 Å². The van der Waals surface area contributed by atoms with Gasteiger partial charge in [-0.15, -0.1) is 0 Å². The van der Waals surface area contributed by atoms with E-state index < -0.39 is 0 Å². The zero-order chi connectivity index (χ0) is 11.9. The molecule has 0 saturated carbocycles. The second-order valence-corrected chi connectivity index (χ2v) is 3.36. The molecule has 2 aromatic rings. The maximum Gasteiger partial charge on any atom is 0.227 e. The Kier molecular flexibility index (Phi) is 3.71. The molecule has 5 heteroatoms. The molecule has 1 heterocycles. The van der Waals surface area contributed by atoms with Crippen molar-refractivity contribution in [1.82, 2.24) is 10.1 Å². The minimum Gasteiger partial charge on any atom is -0.485 e. The van der Waals surface area contributed by atoms with E-state index in [0.717, 1.165) is 5.75 Å². The highest BCUT2D eigenvalue weighted by molar-refractivity contribution is 5.20. The zero-order valence-electron chi connectivity index (χ0n) is 9.17. The van der Waals surface area contributed by atoms with Crippen molar-refractivity contribution in [3.05, 3.63) is 42.0 Å². The van der Waals surface area contributed by atoms with Crippen molar-refractivity contribution in [3.63, 3.8) is 0 Å². The summed E-state index contributed by atoms with van der Waals surface area (Å²) in [5.74, 6) is 1.72. The van der Waals surface area contributed by atoms with Gasteiger partial charge in [0, 0.05) is 12.8 Å². The molecular weight excluding hydrogens is 218 g/mol. The summed E-state index contributed by atoms with van der Waals surface area (Å²) in [6.07, 6.45) is 0.857. The molecule has 17 heavy (non-hydrogen) atoms. The van der Waals surface area contributed by atoms with Crippen LogP contribution in [0, 0.1) is 11.3 Å². The van der Waals surface area contributed by atoms with Crippen LogP contribution in [-0.2, 0) is 13.0 Å². The predicted octanol–water partition coefficient (Wildman–Crippen LogP) is 2.10. The Balaban J connectivity index is 1.87. The lowest BCUT2D eigenvalue weighted by atomic mass is 10.3. The van der Waals surface area contributed by atoms with Crippen molar-refractivity contribution >= 4 is 0 Å². The van der Waals surface area contributed by atoms with Crippen LogP contribution < -0.4 is 4.74 Å². The lowest BCUT2D eigenvalue weighted by Gasteiger charge is -2.01. The van der Waals surface area contributed by atoms with Crippen molar-refractivity contribution in [1.29, 1.82) is 5.26 Å². The van der Waals surface area contributed by atoms with Crippen LogP contribution >= 0.6 is 0 Å². The second-order valence-electron chi connectivity index (χ2n) is 3.36. The van der Waals surface area contributed by atoms with Crippen LogP contribution in [0.15, 0.2) is 34.9 Å². The van der Waals surface area contributed by atoms with Crippen molar-refractivity contribution in [3.8, 4) is 11.8 Å². The number of benzene rings is 1. The van der Waals surface area contributed by atoms with E-state index in [1.165, 1.54) is 0 Å². The third kappa shape index (κ3) is 3.31. The van der Waals surface area contributed by atoms with Gasteiger partial charge in [0.15, 0.2) is 6.61 Å². The quantitative estimate of drug-likeness (QED) is 0.785. The predicted molar refractivity (Wildman–Crippen MR) is 59.0 cm³/mol. The van der Waals surface area contributed by atoms with Gasteiger partial charge in [-0.25, -0.2) is 0 Å². The highest BCUT2D eigenvalue weighted by Gasteiger charge is 2.06. The summed E-state index contributed by atoms with van der Waals surface area (Å²) in [4.78, 5) is 4.11. The van der Waals surface area contributed by atoms with Gasteiger partial charge in [0.2, 0.25) is 11.7 Å². The van der Waals surface area contributed by atoms with Gasteiger partial charge in [0.25, 0.3) is 0 Å². The van der Waals surface area contributed by atoms with Gasteiger partial charge in [-0.1, -0.05) is 23.4 Å². The number of ether oxygens (including phenoxy) is 1. The Morgan fingerprint density at radius 2 is 2.12 bits per heavy atom. The fourth-order valence-corrected chi connectivity index (χ4v) is 1.28. The van der Waals surface area contributed by atoms with Crippen LogP contribution in [0.3, 0.4) is 0 Å². The summed E-state index contributed by atoms with van der Waals surface area (Å²) in [5.41, 5.74) is 0. The molecule has 5 nitrogen and oxygen atoms in total. The molecule has 0 aliphatic carbocycles. The van der Waals surface area contributed by atoms with E-state index in [1.54, 1.807) is 0 Å². The minimum atomic E-state index is 0.264. The normalized spacial score (nSPS) is 9.82.